The summed E-state index contributed by atoms with van der Waals surface area (Å²) in [6.45, 7) is 0. The van der Waals surface area contributed by atoms with Crippen molar-refractivity contribution in [2.45, 2.75) is 0 Å². The molecule has 1 N–H and O–H groups in total. The van der Waals surface area contributed by atoms with E-state index < -0.39 is 16.4 Å². The number of hydrogen-bond donors (Lipinski definition) is 1. The van der Waals surface area contributed by atoms with Crippen LogP contribution in [0.5, 0.6) is 0 Å². The predicted octanol–water partition coefficient (Wildman–Crippen LogP) is -0.982. The van der Waals surface area contributed by atoms with Crippen molar-refractivity contribution in [1.82, 2.24) is 4.72 Å². The fourth-order valence-electron chi connectivity index (χ4n) is 0.144. The van der Waals surface area contributed by atoms with Gasteiger partial charge in [-0.25, -0.2) is 4.79 Å². The van der Waals surface area contributed by atoms with Gasteiger partial charge in [0.05, 0.1) is 7.11 Å². The van der Waals surface area contributed by atoms with Crippen molar-refractivity contribution in [2.75, 3.05) is 7.11 Å². The molecule has 0 aliphatic rings. The zero-order valence-corrected chi connectivity index (χ0v) is 5.27. The van der Waals surface area contributed by atoms with Crippen LogP contribution in [-0.4, -0.2) is 21.6 Å². The maximum Gasteiger partial charge on any atom is 0.422 e. The average Bonchev–Trinajstić information content (AvgIpc) is 1.62. The Bertz CT molecular complexity index is 193. The van der Waals surface area contributed by atoms with Gasteiger partial charge in [0.15, 0.2) is 0 Å². The molecule has 0 aromatic rings. The van der Waals surface area contributed by atoms with E-state index in [9.17, 15) is 17.8 Å². The number of carbonyl (C=O) groups is 1. The van der Waals surface area contributed by atoms with Gasteiger partial charge in [0.1, 0.15) is 0 Å². The summed E-state index contributed by atoms with van der Waals surface area (Å²) in [6.07, 6.45) is -1.29. The smallest absolute Gasteiger partial charge is 0.422 e. The zero-order chi connectivity index (χ0) is 7.49. The highest BCUT2D eigenvalue weighted by Gasteiger charge is 2.10. The predicted molar refractivity (Wildman–Crippen MR) is 25.1 cm³/mol. The molecule has 53 valence electrons. The van der Waals surface area contributed by atoms with Crippen LogP contribution in [0.1, 0.15) is 0 Å². The first-order valence-electron chi connectivity index (χ1n) is 1.77. The van der Waals surface area contributed by atoms with Gasteiger partial charge in [0.25, 0.3) is 0 Å². The standard InChI is InChI=1S/C2H4NO5S/c1-8-2(4)3-9(5,6)7/h1H3,(H,3,4). The molecule has 0 atom stereocenters. The van der Waals surface area contributed by atoms with E-state index in [-0.39, 0.29) is 0 Å². The van der Waals surface area contributed by atoms with Crippen LogP contribution in [0.25, 0.3) is 0 Å². The number of methoxy groups -OCH3 is 1. The fourth-order valence-corrected chi connectivity index (χ4v) is 0.431. The van der Waals surface area contributed by atoms with Gasteiger partial charge in [-0.05, 0) is 0 Å². The average molecular weight is 154 g/mol. The Morgan fingerprint density at radius 1 is 1.56 bits per heavy atom. The third kappa shape index (κ3) is 5.04. The van der Waals surface area contributed by atoms with Crippen molar-refractivity contribution >= 4 is 16.4 Å². The first kappa shape index (κ1) is 8.18. The lowest BCUT2D eigenvalue weighted by Gasteiger charge is -1.94. The SMILES string of the molecule is COC(=O)NS([O])(=O)=O. The third-order valence-corrected chi connectivity index (χ3v) is 0.810. The monoisotopic (exact) mass is 154 g/mol. The summed E-state index contributed by atoms with van der Waals surface area (Å²) in [6, 6.07) is 0. The molecule has 1 amide bonds. The van der Waals surface area contributed by atoms with Crippen LogP contribution in [0.3, 0.4) is 0 Å². The van der Waals surface area contributed by atoms with Gasteiger partial charge in [-0.15, -0.1) is 0 Å². The van der Waals surface area contributed by atoms with Gasteiger partial charge in [-0.1, -0.05) is 4.55 Å². The number of rotatable bonds is 1. The second-order valence-electron chi connectivity index (χ2n) is 1.05. The zero-order valence-electron chi connectivity index (χ0n) is 4.45. The Morgan fingerprint density at radius 3 is 2.11 bits per heavy atom. The summed E-state index contributed by atoms with van der Waals surface area (Å²) < 4.78 is 33.7. The first-order chi connectivity index (χ1) is 3.95. The van der Waals surface area contributed by atoms with Crippen molar-refractivity contribution < 1.29 is 22.5 Å². The van der Waals surface area contributed by atoms with E-state index in [0.29, 0.717) is 0 Å². The molecule has 0 spiro atoms. The molecular weight excluding hydrogens is 150 g/mol. The molecule has 0 bridgehead atoms. The van der Waals surface area contributed by atoms with E-state index in [2.05, 4.69) is 4.74 Å². The van der Waals surface area contributed by atoms with E-state index in [0.717, 1.165) is 11.8 Å². The maximum atomic E-state index is 9.91. The van der Waals surface area contributed by atoms with Gasteiger partial charge in [-0.2, -0.15) is 13.1 Å². The second kappa shape index (κ2) is 2.65. The molecule has 0 unspecified atom stereocenters. The van der Waals surface area contributed by atoms with Crippen LogP contribution in [0, 0.1) is 0 Å². The molecule has 0 heterocycles. The summed E-state index contributed by atoms with van der Waals surface area (Å²) in [5.41, 5.74) is 0. The molecule has 0 aliphatic heterocycles. The second-order valence-corrected chi connectivity index (χ2v) is 2.16. The number of nitrogens with one attached hydrogen (secondary N) is 1. The number of amides is 1. The van der Waals surface area contributed by atoms with Crippen LogP contribution in [0.4, 0.5) is 4.79 Å². The molecule has 0 fully saturated rings. The lowest BCUT2D eigenvalue weighted by molar-refractivity contribution is 0.176. The minimum Gasteiger partial charge on any atom is -0.452 e. The number of ether oxygens (including phenoxy) is 1. The van der Waals surface area contributed by atoms with Gasteiger partial charge < -0.3 is 4.74 Å². The molecule has 6 nitrogen and oxygen atoms in total. The quantitative estimate of drug-likeness (QED) is 0.525. The Morgan fingerprint density at radius 2 is 2.00 bits per heavy atom. The molecule has 9 heavy (non-hydrogen) atoms. The normalized spacial score (nSPS) is 10.4. The van der Waals surface area contributed by atoms with E-state index in [1.807, 2.05) is 0 Å². The highest BCUT2D eigenvalue weighted by atomic mass is 32.2. The summed E-state index contributed by atoms with van der Waals surface area (Å²) in [4.78, 5) is 9.91. The van der Waals surface area contributed by atoms with Gasteiger partial charge in [0.2, 0.25) is 0 Å². The van der Waals surface area contributed by atoms with Crippen LogP contribution in [0.2, 0.25) is 0 Å². The Hall–Kier alpha value is -0.820. The fraction of sp³-hybridized carbons (Fsp3) is 0.500. The lowest BCUT2D eigenvalue weighted by Crippen LogP contribution is -2.28. The Balaban J connectivity index is 3.91. The molecule has 0 rings (SSSR count). The number of carbonyl (C=O) groups excluding carboxylic acids is 1. The van der Waals surface area contributed by atoms with Gasteiger partial charge >= 0.3 is 16.4 Å². The Labute approximate surface area is 51.7 Å². The van der Waals surface area contributed by atoms with Crippen molar-refractivity contribution in [1.29, 1.82) is 0 Å². The summed E-state index contributed by atoms with van der Waals surface area (Å²) in [5, 5.41) is 0. The maximum absolute atomic E-state index is 9.91. The molecule has 7 heteroatoms. The molecule has 1 radical (unpaired) electrons. The topological polar surface area (TPSA) is 92.4 Å². The van der Waals surface area contributed by atoms with Crippen LogP contribution < -0.4 is 4.72 Å². The highest BCUT2D eigenvalue weighted by Crippen LogP contribution is 1.76. The van der Waals surface area contributed by atoms with Crippen LogP contribution >= 0.6 is 0 Å². The molecule has 0 saturated carbocycles. The van der Waals surface area contributed by atoms with E-state index in [1.54, 1.807) is 0 Å². The summed E-state index contributed by atoms with van der Waals surface area (Å²) >= 11 is 0. The van der Waals surface area contributed by atoms with Crippen molar-refractivity contribution in [3.05, 3.63) is 0 Å². The van der Waals surface area contributed by atoms with E-state index in [1.165, 1.54) is 0 Å². The minimum absolute atomic E-state index is 0.945. The van der Waals surface area contributed by atoms with Crippen molar-refractivity contribution in [2.24, 2.45) is 0 Å². The largest absolute Gasteiger partial charge is 0.452 e. The van der Waals surface area contributed by atoms with Crippen LogP contribution in [-0.2, 0) is 19.6 Å². The van der Waals surface area contributed by atoms with Gasteiger partial charge in [0, 0.05) is 0 Å². The first-order valence-corrected chi connectivity index (χ1v) is 3.18. The molecule has 0 saturated heterocycles. The molecule has 0 aliphatic carbocycles. The molecule has 0 aromatic heterocycles. The third-order valence-electron chi connectivity index (χ3n) is 0.394. The Kier molecular flexibility index (Phi) is 2.41. The molecular formula is C2H4NO5S. The van der Waals surface area contributed by atoms with Crippen molar-refractivity contribution in [3.63, 3.8) is 0 Å². The van der Waals surface area contributed by atoms with Crippen LogP contribution in [0.15, 0.2) is 0 Å². The highest BCUT2D eigenvalue weighted by molar-refractivity contribution is 7.84. The number of hydrogen-bond acceptors (Lipinski definition) is 4. The van der Waals surface area contributed by atoms with Crippen molar-refractivity contribution in [3.8, 4) is 0 Å². The summed E-state index contributed by atoms with van der Waals surface area (Å²) in [7, 11) is -3.77. The molecule has 0 aromatic carbocycles. The lowest BCUT2D eigenvalue weighted by atomic mass is 11.2. The van der Waals surface area contributed by atoms with E-state index >= 15 is 0 Å². The van der Waals surface area contributed by atoms with Gasteiger partial charge in [-0.3, -0.25) is 0 Å². The summed E-state index contributed by atoms with van der Waals surface area (Å²) in [5.74, 6) is 0. The van der Waals surface area contributed by atoms with E-state index in [4.69, 9.17) is 0 Å². The minimum atomic E-state index is -4.71.